The summed E-state index contributed by atoms with van der Waals surface area (Å²) >= 11 is 1.03. The first kappa shape index (κ1) is 17.4. The standard InChI is InChI=1S/C15H15N3O5S/c1-3-23-13(20)12(19)11-8-24-15(17-11)18-14(21)16-9-4-6-10(22-2)7-5-9/h4-8H,3H2,1-2H3,(H2,16,17,18,21). The van der Waals surface area contributed by atoms with Crippen LogP contribution in [0.1, 0.15) is 17.4 Å². The summed E-state index contributed by atoms with van der Waals surface area (Å²) in [5.41, 5.74) is 0.492. The number of ether oxygens (including phenoxy) is 2. The molecule has 24 heavy (non-hydrogen) atoms. The van der Waals surface area contributed by atoms with E-state index >= 15 is 0 Å². The number of hydrogen-bond donors (Lipinski definition) is 2. The summed E-state index contributed by atoms with van der Waals surface area (Å²) in [6.45, 7) is 1.70. The lowest BCUT2D eigenvalue weighted by Gasteiger charge is -2.06. The lowest BCUT2D eigenvalue weighted by Crippen LogP contribution is -2.20. The van der Waals surface area contributed by atoms with E-state index in [0.29, 0.717) is 11.4 Å². The van der Waals surface area contributed by atoms with Crippen LogP contribution in [-0.4, -0.2) is 36.5 Å². The molecule has 2 rings (SSSR count). The number of Topliss-reactive ketones (excluding diaryl/α,β-unsaturated/α-hetero) is 1. The topological polar surface area (TPSA) is 107 Å². The molecule has 1 aromatic carbocycles. The number of aromatic nitrogens is 1. The van der Waals surface area contributed by atoms with Crippen molar-refractivity contribution in [2.24, 2.45) is 0 Å². The number of anilines is 2. The van der Waals surface area contributed by atoms with Crippen molar-refractivity contribution in [2.45, 2.75) is 6.92 Å². The molecule has 1 aromatic heterocycles. The molecular formula is C15H15N3O5S. The average molecular weight is 349 g/mol. The fourth-order valence-electron chi connectivity index (χ4n) is 1.67. The van der Waals surface area contributed by atoms with Crippen LogP contribution < -0.4 is 15.4 Å². The van der Waals surface area contributed by atoms with Gasteiger partial charge in [0.05, 0.1) is 13.7 Å². The highest BCUT2D eigenvalue weighted by Gasteiger charge is 2.21. The SMILES string of the molecule is CCOC(=O)C(=O)c1csc(NC(=O)Nc2ccc(OC)cc2)n1. The minimum Gasteiger partial charge on any atom is -0.497 e. The number of carbonyl (C=O) groups excluding carboxylic acids is 3. The van der Waals surface area contributed by atoms with Crippen LogP contribution in [0.5, 0.6) is 5.75 Å². The molecule has 2 N–H and O–H groups in total. The third-order valence-corrected chi connectivity index (χ3v) is 3.52. The molecule has 0 aliphatic heterocycles. The number of hydrogen-bond acceptors (Lipinski definition) is 7. The highest BCUT2D eigenvalue weighted by atomic mass is 32.1. The van der Waals surface area contributed by atoms with E-state index in [1.807, 2.05) is 0 Å². The Morgan fingerprint density at radius 1 is 1.17 bits per heavy atom. The molecule has 9 heteroatoms. The van der Waals surface area contributed by atoms with Crippen LogP contribution in [-0.2, 0) is 9.53 Å². The quantitative estimate of drug-likeness (QED) is 0.471. The molecular weight excluding hydrogens is 334 g/mol. The molecule has 1 heterocycles. The minimum atomic E-state index is -0.975. The summed E-state index contributed by atoms with van der Waals surface area (Å²) in [5, 5.41) is 6.66. The summed E-state index contributed by atoms with van der Waals surface area (Å²) in [7, 11) is 1.55. The highest BCUT2D eigenvalue weighted by molar-refractivity contribution is 7.14. The van der Waals surface area contributed by atoms with Crippen LogP contribution >= 0.6 is 11.3 Å². The Bertz CT molecular complexity index is 742. The molecule has 0 bridgehead atoms. The Labute approximate surface area is 141 Å². The number of ketones is 1. The fraction of sp³-hybridized carbons (Fsp3) is 0.200. The molecule has 0 unspecified atom stereocenters. The minimum absolute atomic E-state index is 0.0711. The molecule has 0 fully saturated rings. The number of thiazole rings is 1. The molecule has 0 spiro atoms. The van der Waals surface area contributed by atoms with Gasteiger partial charge in [-0.15, -0.1) is 11.3 Å². The van der Waals surface area contributed by atoms with Gasteiger partial charge in [0.1, 0.15) is 11.4 Å². The Hall–Kier alpha value is -2.94. The number of urea groups is 1. The number of amides is 2. The monoisotopic (exact) mass is 349 g/mol. The van der Waals surface area contributed by atoms with Crippen molar-refractivity contribution >= 4 is 39.9 Å². The number of rotatable bonds is 6. The van der Waals surface area contributed by atoms with E-state index in [4.69, 9.17) is 4.74 Å². The average Bonchev–Trinajstić information content (AvgIpc) is 3.03. The van der Waals surface area contributed by atoms with Gasteiger partial charge in [-0.05, 0) is 31.2 Å². The number of benzene rings is 1. The molecule has 0 saturated carbocycles. The van der Waals surface area contributed by atoms with Gasteiger partial charge in [0, 0.05) is 11.1 Å². The van der Waals surface area contributed by atoms with Gasteiger partial charge < -0.3 is 14.8 Å². The van der Waals surface area contributed by atoms with Gasteiger partial charge in [0.15, 0.2) is 5.13 Å². The number of nitrogens with zero attached hydrogens (tertiary/aromatic N) is 1. The predicted octanol–water partition coefficient (Wildman–Crippen LogP) is 2.54. The first-order chi connectivity index (χ1) is 11.5. The summed E-state index contributed by atoms with van der Waals surface area (Å²) in [6.07, 6.45) is 0. The summed E-state index contributed by atoms with van der Waals surface area (Å²) in [5.74, 6) is -1.16. The molecule has 126 valence electrons. The Balaban J connectivity index is 1.94. The molecule has 0 aliphatic rings. The largest absolute Gasteiger partial charge is 0.497 e. The van der Waals surface area contributed by atoms with Crippen LogP contribution in [0.25, 0.3) is 0 Å². The van der Waals surface area contributed by atoms with Gasteiger partial charge in [0.2, 0.25) is 0 Å². The molecule has 2 amide bonds. The van der Waals surface area contributed by atoms with Crippen LogP contribution in [0.3, 0.4) is 0 Å². The summed E-state index contributed by atoms with van der Waals surface area (Å²) in [4.78, 5) is 38.9. The third kappa shape index (κ3) is 4.53. The fourth-order valence-corrected chi connectivity index (χ4v) is 2.36. The van der Waals surface area contributed by atoms with E-state index in [1.165, 1.54) is 5.38 Å². The summed E-state index contributed by atoms with van der Waals surface area (Å²) in [6, 6.07) is 6.24. The van der Waals surface area contributed by atoms with Crippen molar-refractivity contribution in [3.8, 4) is 5.75 Å². The highest BCUT2D eigenvalue weighted by Crippen LogP contribution is 2.18. The zero-order valence-electron chi connectivity index (χ0n) is 13.0. The van der Waals surface area contributed by atoms with Gasteiger partial charge in [0.25, 0.3) is 5.78 Å². The summed E-state index contributed by atoms with van der Waals surface area (Å²) < 4.78 is 9.64. The second kappa shape index (κ2) is 8.06. The zero-order chi connectivity index (χ0) is 17.5. The second-order valence-electron chi connectivity index (χ2n) is 4.40. The maximum Gasteiger partial charge on any atom is 0.381 e. The number of carbonyl (C=O) groups is 3. The van der Waals surface area contributed by atoms with E-state index in [0.717, 1.165) is 11.3 Å². The third-order valence-electron chi connectivity index (χ3n) is 2.77. The van der Waals surface area contributed by atoms with Gasteiger partial charge in [-0.2, -0.15) is 0 Å². The van der Waals surface area contributed by atoms with Gasteiger partial charge in [-0.3, -0.25) is 10.1 Å². The van der Waals surface area contributed by atoms with E-state index in [9.17, 15) is 14.4 Å². The number of esters is 1. The van der Waals surface area contributed by atoms with Crippen molar-refractivity contribution in [2.75, 3.05) is 24.4 Å². The second-order valence-corrected chi connectivity index (χ2v) is 5.25. The maximum absolute atomic E-state index is 11.9. The lowest BCUT2D eigenvalue weighted by atomic mass is 10.3. The van der Waals surface area contributed by atoms with E-state index in [2.05, 4.69) is 20.4 Å². The molecule has 0 atom stereocenters. The Morgan fingerprint density at radius 2 is 1.88 bits per heavy atom. The maximum atomic E-state index is 11.9. The first-order valence-electron chi connectivity index (χ1n) is 6.92. The van der Waals surface area contributed by atoms with Crippen LogP contribution in [0.15, 0.2) is 29.6 Å². The van der Waals surface area contributed by atoms with Crippen LogP contribution in [0.2, 0.25) is 0 Å². The van der Waals surface area contributed by atoms with Crippen LogP contribution in [0, 0.1) is 0 Å². The van der Waals surface area contributed by atoms with Crippen molar-refractivity contribution in [3.05, 3.63) is 35.3 Å². The van der Waals surface area contributed by atoms with Gasteiger partial charge in [-0.1, -0.05) is 0 Å². The Kier molecular flexibility index (Phi) is 5.85. The number of nitrogens with one attached hydrogen (secondary N) is 2. The molecule has 2 aromatic rings. The predicted molar refractivity (Wildman–Crippen MR) is 88.7 cm³/mol. The van der Waals surface area contributed by atoms with Crippen molar-refractivity contribution in [1.82, 2.24) is 4.98 Å². The van der Waals surface area contributed by atoms with Gasteiger partial charge >= 0.3 is 12.0 Å². The van der Waals surface area contributed by atoms with E-state index < -0.39 is 17.8 Å². The molecule has 0 radical (unpaired) electrons. The first-order valence-corrected chi connectivity index (χ1v) is 7.80. The normalized spacial score (nSPS) is 9.92. The smallest absolute Gasteiger partial charge is 0.381 e. The Morgan fingerprint density at radius 3 is 2.50 bits per heavy atom. The lowest BCUT2D eigenvalue weighted by molar-refractivity contribution is -0.137. The van der Waals surface area contributed by atoms with Crippen molar-refractivity contribution in [1.29, 1.82) is 0 Å². The van der Waals surface area contributed by atoms with Crippen molar-refractivity contribution in [3.63, 3.8) is 0 Å². The van der Waals surface area contributed by atoms with E-state index in [-0.39, 0.29) is 17.4 Å². The van der Waals surface area contributed by atoms with Crippen LogP contribution in [0.4, 0.5) is 15.6 Å². The van der Waals surface area contributed by atoms with Crippen molar-refractivity contribution < 1.29 is 23.9 Å². The number of methoxy groups -OCH3 is 1. The molecule has 0 aliphatic carbocycles. The molecule has 0 saturated heterocycles. The zero-order valence-corrected chi connectivity index (χ0v) is 13.8. The molecule has 8 nitrogen and oxygen atoms in total. The van der Waals surface area contributed by atoms with Gasteiger partial charge in [-0.25, -0.2) is 14.6 Å². The van der Waals surface area contributed by atoms with E-state index in [1.54, 1.807) is 38.3 Å².